The molecule has 0 aliphatic rings. The van der Waals surface area contributed by atoms with E-state index in [0.717, 1.165) is 12.0 Å². The van der Waals surface area contributed by atoms with Crippen LogP contribution in [-0.4, -0.2) is 0 Å². The fraction of sp³-hybridized carbons (Fsp3) is 0.333. The van der Waals surface area contributed by atoms with E-state index >= 15 is 0 Å². The van der Waals surface area contributed by atoms with E-state index in [1.807, 2.05) is 20.8 Å². The number of hydrogen-bond acceptors (Lipinski definition) is 0. The summed E-state index contributed by atoms with van der Waals surface area (Å²) in [5.74, 6) is 0. The maximum Gasteiger partial charge on any atom is 0 e. The number of aryl methyl sites for hydroxylation is 1. The van der Waals surface area contributed by atoms with Crippen LogP contribution in [0.3, 0.4) is 0 Å². The van der Waals surface area contributed by atoms with Gasteiger partial charge in [0, 0.05) is 32.7 Å². The summed E-state index contributed by atoms with van der Waals surface area (Å²) < 4.78 is 0. The van der Waals surface area contributed by atoms with Gasteiger partial charge in [0.15, 0.2) is 0 Å². The van der Waals surface area contributed by atoms with E-state index in [-0.39, 0.29) is 40.1 Å². The Labute approximate surface area is 127 Å². The second-order valence-corrected chi connectivity index (χ2v) is 3.24. The van der Waals surface area contributed by atoms with Crippen molar-refractivity contribution in [1.82, 2.24) is 0 Å². The minimum atomic E-state index is 0. The van der Waals surface area contributed by atoms with Gasteiger partial charge >= 0.3 is 0 Å². The molecule has 0 spiro atoms. The largest absolute Gasteiger partial charge is 0.358 e. The smallest absolute Gasteiger partial charge is 0 e. The first-order valence-corrected chi connectivity index (χ1v) is 5.23. The third-order valence-electron chi connectivity index (χ3n) is 1.81. The molecule has 1 aromatic carbocycles. The Morgan fingerprint density at radius 1 is 1.19 bits per heavy atom. The molecule has 0 nitrogen and oxygen atoms in total. The molecule has 89 valence electrons. The first-order valence-electron chi connectivity index (χ1n) is 5.23. The van der Waals surface area contributed by atoms with Gasteiger partial charge in [-0.2, -0.15) is 0 Å². The van der Waals surface area contributed by atoms with Crippen LogP contribution in [0.5, 0.6) is 0 Å². The molecule has 0 aliphatic heterocycles. The molecule has 0 heterocycles. The van der Waals surface area contributed by atoms with Gasteiger partial charge in [0.1, 0.15) is 0 Å². The van der Waals surface area contributed by atoms with Crippen molar-refractivity contribution in [3.8, 4) is 0 Å². The molecule has 0 saturated carbocycles. The van der Waals surface area contributed by atoms with Crippen LogP contribution in [0.15, 0.2) is 36.4 Å². The minimum absolute atomic E-state index is 0. The normalized spacial score (nSPS) is 7.50. The molecule has 0 atom stereocenters. The van der Waals surface area contributed by atoms with Crippen LogP contribution in [0.25, 0.3) is 0 Å². The first kappa shape index (κ1) is 21.2. The van der Waals surface area contributed by atoms with Gasteiger partial charge in [0.25, 0.3) is 0 Å². The van der Waals surface area contributed by atoms with Gasteiger partial charge in [-0.05, 0) is 6.92 Å². The van der Waals surface area contributed by atoms with Gasteiger partial charge in [-0.25, -0.2) is 18.6 Å². The van der Waals surface area contributed by atoms with Crippen molar-refractivity contribution in [3.63, 3.8) is 0 Å². The molecule has 16 heavy (non-hydrogen) atoms. The predicted molar refractivity (Wildman–Crippen MR) is 71.8 cm³/mol. The van der Waals surface area contributed by atoms with Crippen molar-refractivity contribution in [3.05, 3.63) is 61.4 Å². The third-order valence-corrected chi connectivity index (χ3v) is 1.81. The van der Waals surface area contributed by atoms with E-state index in [9.17, 15) is 0 Å². The van der Waals surface area contributed by atoms with Crippen molar-refractivity contribution in [2.24, 2.45) is 0 Å². The Hall–Kier alpha value is -0.0661. The molecule has 0 bridgehead atoms. The van der Waals surface area contributed by atoms with Gasteiger partial charge in [-0.3, -0.25) is 0 Å². The maximum atomic E-state index is 3.83. The topological polar surface area (TPSA) is 0 Å². The summed E-state index contributed by atoms with van der Waals surface area (Å²) in [7, 11) is 0. The van der Waals surface area contributed by atoms with Crippen molar-refractivity contribution < 1.29 is 32.7 Å². The summed E-state index contributed by atoms with van der Waals surface area (Å²) >= 11 is 0. The molecule has 0 N–H and O–H groups in total. The van der Waals surface area contributed by atoms with Gasteiger partial charge in [0.05, 0.1) is 0 Å². The number of benzene rings is 1. The fourth-order valence-electron chi connectivity index (χ4n) is 1.02. The van der Waals surface area contributed by atoms with E-state index in [0.29, 0.717) is 0 Å². The molecule has 0 amide bonds. The molecule has 0 unspecified atom stereocenters. The summed E-state index contributed by atoms with van der Waals surface area (Å²) in [5, 5.41) is 0. The Kier molecular flexibility index (Phi) is 17.3. The van der Waals surface area contributed by atoms with Crippen LogP contribution in [0.2, 0.25) is 0 Å². The van der Waals surface area contributed by atoms with E-state index in [1.54, 1.807) is 0 Å². The van der Waals surface area contributed by atoms with Crippen molar-refractivity contribution in [2.75, 3.05) is 0 Å². The molecular formula is C15H24Y-2. The SMILES string of the molecule is C=C(C)[CH-]Cc1ccc(C)cc1.CC.[CH3-].[Y]. The van der Waals surface area contributed by atoms with Gasteiger partial charge < -0.3 is 7.43 Å². The average Bonchev–Trinajstić information content (AvgIpc) is 2.20. The standard InChI is InChI=1S/C12H15.C2H6.CH3.Y/c1-10(2)4-7-12-8-5-11(3)6-9-12;1-2;;/h4-6,8-9H,1,7H2,2-3H3;1-2H3;1H3;/q-1;;-1;. The molecular weight excluding hydrogens is 269 g/mol. The zero-order valence-electron chi connectivity index (χ0n) is 11.4. The minimum Gasteiger partial charge on any atom is -0.358 e. The van der Waals surface area contributed by atoms with Crippen LogP contribution in [0.4, 0.5) is 0 Å². The van der Waals surface area contributed by atoms with E-state index < -0.39 is 0 Å². The van der Waals surface area contributed by atoms with E-state index in [2.05, 4.69) is 44.2 Å². The van der Waals surface area contributed by atoms with Crippen LogP contribution in [0, 0.1) is 20.8 Å². The van der Waals surface area contributed by atoms with E-state index in [1.165, 1.54) is 11.1 Å². The number of hydrogen-bond donors (Lipinski definition) is 0. The van der Waals surface area contributed by atoms with E-state index in [4.69, 9.17) is 0 Å². The quantitative estimate of drug-likeness (QED) is 0.703. The van der Waals surface area contributed by atoms with Crippen LogP contribution in [0.1, 0.15) is 31.9 Å². The predicted octanol–water partition coefficient (Wildman–Crippen LogP) is 4.79. The number of rotatable bonds is 3. The summed E-state index contributed by atoms with van der Waals surface area (Å²) in [5.41, 5.74) is 3.80. The van der Waals surface area contributed by atoms with Gasteiger partial charge in [-0.1, -0.05) is 62.6 Å². The van der Waals surface area contributed by atoms with Crippen LogP contribution < -0.4 is 0 Å². The Balaban J connectivity index is -0.000000399. The second-order valence-electron chi connectivity index (χ2n) is 3.24. The van der Waals surface area contributed by atoms with Crippen molar-refractivity contribution >= 4 is 0 Å². The molecule has 1 aromatic rings. The third kappa shape index (κ3) is 10.5. The molecule has 1 rings (SSSR count). The molecule has 1 heteroatoms. The summed E-state index contributed by atoms with van der Waals surface area (Å²) in [4.78, 5) is 0. The molecule has 0 fully saturated rings. The van der Waals surface area contributed by atoms with Gasteiger partial charge in [-0.15, -0.1) is 0 Å². The summed E-state index contributed by atoms with van der Waals surface area (Å²) in [6, 6.07) is 8.60. The molecule has 0 saturated heterocycles. The Morgan fingerprint density at radius 2 is 1.62 bits per heavy atom. The van der Waals surface area contributed by atoms with Crippen LogP contribution >= 0.6 is 0 Å². The molecule has 0 aromatic heterocycles. The Bertz CT molecular complexity index is 259. The van der Waals surface area contributed by atoms with Crippen molar-refractivity contribution in [2.45, 2.75) is 34.1 Å². The zero-order valence-corrected chi connectivity index (χ0v) is 14.2. The molecule has 1 radical (unpaired) electrons. The summed E-state index contributed by atoms with van der Waals surface area (Å²) in [6.07, 6.45) is 3.14. The zero-order chi connectivity index (χ0) is 11.0. The van der Waals surface area contributed by atoms with Crippen molar-refractivity contribution in [1.29, 1.82) is 0 Å². The van der Waals surface area contributed by atoms with Gasteiger partial charge in [0.2, 0.25) is 0 Å². The monoisotopic (exact) mass is 293 g/mol. The summed E-state index contributed by atoms with van der Waals surface area (Å²) in [6.45, 7) is 12.0. The maximum absolute atomic E-state index is 3.83. The van der Waals surface area contributed by atoms with Crippen LogP contribution in [-0.2, 0) is 39.1 Å². The second kappa shape index (κ2) is 13.0. The average molecular weight is 293 g/mol. The number of allylic oxidation sites excluding steroid dienone is 1. The fourth-order valence-corrected chi connectivity index (χ4v) is 1.02. The molecule has 0 aliphatic carbocycles. The Morgan fingerprint density at radius 3 is 2.00 bits per heavy atom. The first-order chi connectivity index (χ1) is 6.68.